The number of nitrogens with two attached hydrogens (primary N) is 2. The van der Waals surface area contributed by atoms with Crippen molar-refractivity contribution in [2.75, 3.05) is 6.54 Å². The highest BCUT2D eigenvalue weighted by molar-refractivity contribution is 5.92. The monoisotopic (exact) mass is 493 g/mol. The molecule has 192 valence electrons. The van der Waals surface area contributed by atoms with Gasteiger partial charge >= 0.3 is 5.97 Å². The number of hydrogen-bond acceptors (Lipinski definition) is 5. The molecule has 3 rings (SSSR count). The molecule has 0 saturated heterocycles. The molecule has 3 aromatic rings. The first-order valence-electron chi connectivity index (χ1n) is 12.3. The minimum absolute atomic E-state index is 0.102. The second-order valence-electron chi connectivity index (χ2n) is 8.94. The van der Waals surface area contributed by atoms with Gasteiger partial charge in [0.15, 0.2) is 0 Å². The molecule has 1 heterocycles. The molecular weight excluding hydrogens is 458 g/mol. The molecule has 8 N–H and O–H groups in total. The number of aliphatic carboxylic acids is 1. The van der Waals surface area contributed by atoms with Gasteiger partial charge in [-0.05, 0) is 55.8 Å². The highest BCUT2D eigenvalue weighted by Crippen LogP contribution is 2.19. The first kappa shape index (κ1) is 26.9. The molecule has 0 spiro atoms. The third-order valence-corrected chi connectivity index (χ3v) is 6.22. The van der Waals surface area contributed by atoms with E-state index in [1.54, 1.807) is 6.20 Å². The smallest absolute Gasteiger partial charge is 0.326 e. The summed E-state index contributed by atoms with van der Waals surface area (Å²) in [6, 6.07) is 14.4. The van der Waals surface area contributed by atoms with E-state index in [4.69, 9.17) is 11.5 Å². The van der Waals surface area contributed by atoms with Gasteiger partial charge in [0.25, 0.3) is 0 Å². The Hall–Kier alpha value is -3.69. The average molecular weight is 494 g/mol. The molecule has 36 heavy (non-hydrogen) atoms. The van der Waals surface area contributed by atoms with Crippen LogP contribution in [0.2, 0.25) is 0 Å². The zero-order chi connectivity index (χ0) is 25.9. The normalized spacial score (nSPS) is 13.6. The van der Waals surface area contributed by atoms with E-state index in [1.165, 1.54) is 0 Å². The summed E-state index contributed by atoms with van der Waals surface area (Å²) in [5, 5.41) is 16.0. The highest BCUT2D eigenvalue weighted by Gasteiger charge is 2.28. The fourth-order valence-electron chi connectivity index (χ4n) is 4.13. The second-order valence-corrected chi connectivity index (χ2v) is 8.94. The molecule has 1 aromatic heterocycles. The van der Waals surface area contributed by atoms with Gasteiger partial charge in [-0.3, -0.25) is 9.59 Å². The van der Waals surface area contributed by atoms with Crippen LogP contribution in [0.4, 0.5) is 0 Å². The predicted octanol–water partition coefficient (Wildman–Crippen LogP) is 1.85. The number of aromatic amines is 1. The molecule has 9 heteroatoms. The van der Waals surface area contributed by atoms with Crippen LogP contribution >= 0.6 is 0 Å². The van der Waals surface area contributed by atoms with Crippen LogP contribution in [0.15, 0.2) is 60.8 Å². The van der Waals surface area contributed by atoms with Gasteiger partial charge in [-0.2, -0.15) is 0 Å². The van der Waals surface area contributed by atoms with Crippen LogP contribution in [0.3, 0.4) is 0 Å². The Kier molecular flexibility index (Phi) is 10.0. The van der Waals surface area contributed by atoms with E-state index in [2.05, 4.69) is 15.6 Å². The Balaban J connectivity index is 1.64. The Bertz CT molecular complexity index is 1150. The standard InChI is InChI=1S/C27H35N5O4/c28-15-7-6-12-23(31-25(33)21(29)14-13-18-8-2-1-3-9-18)26(34)32-24(27(35)36)16-19-17-30-22-11-5-4-10-20(19)22/h1-5,8-11,17,21,23-24,30H,6-7,12-16,28-29H2,(H,31,33)(H,32,34)(H,35,36)/t21-,23-,24-/m0/s1. The summed E-state index contributed by atoms with van der Waals surface area (Å²) in [6.45, 7) is 0.456. The molecule has 0 saturated carbocycles. The number of nitrogens with one attached hydrogen (secondary N) is 3. The first-order valence-corrected chi connectivity index (χ1v) is 12.3. The summed E-state index contributed by atoms with van der Waals surface area (Å²) in [7, 11) is 0. The van der Waals surface area contributed by atoms with E-state index in [1.807, 2.05) is 54.6 Å². The van der Waals surface area contributed by atoms with Crippen molar-refractivity contribution < 1.29 is 19.5 Å². The van der Waals surface area contributed by atoms with E-state index >= 15 is 0 Å². The number of carbonyl (C=O) groups excluding carboxylic acids is 2. The van der Waals surface area contributed by atoms with Crippen LogP contribution in [0.5, 0.6) is 0 Å². The molecule has 2 aromatic carbocycles. The molecule has 0 aliphatic heterocycles. The number of rotatable bonds is 14. The minimum atomic E-state index is -1.16. The van der Waals surface area contributed by atoms with E-state index in [0.717, 1.165) is 22.0 Å². The molecule has 3 atom stereocenters. The van der Waals surface area contributed by atoms with E-state index < -0.39 is 35.9 Å². The summed E-state index contributed by atoms with van der Waals surface area (Å²) in [5.74, 6) is -2.15. The number of aryl methyl sites for hydroxylation is 1. The number of unbranched alkanes of at least 4 members (excludes halogenated alkanes) is 1. The lowest BCUT2D eigenvalue weighted by atomic mass is 10.0. The number of H-pyrrole nitrogens is 1. The number of fused-ring (bicyclic) bond motifs is 1. The highest BCUT2D eigenvalue weighted by atomic mass is 16.4. The third kappa shape index (κ3) is 7.66. The summed E-state index contributed by atoms with van der Waals surface area (Å²) >= 11 is 0. The fraction of sp³-hybridized carbons (Fsp3) is 0.370. The lowest BCUT2D eigenvalue weighted by Crippen LogP contribution is -2.54. The summed E-state index contributed by atoms with van der Waals surface area (Å²) < 4.78 is 0. The van der Waals surface area contributed by atoms with E-state index in [0.29, 0.717) is 38.6 Å². The summed E-state index contributed by atoms with van der Waals surface area (Å²) in [6.07, 6.45) is 4.52. The molecule has 9 nitrogen and oxygen atoms in total. The van der Waals surface area contributed by atoms with E-state index in [-0.39, 0.29) is 6.42 Å². The van der Waals surface area contributed by atoms with Gasteiger partial charge < -0.3 is 32.2 Å². The van der Waals surface area contributed by atoms with Gasteiger partial charge in [-0.25, -0.2) is 4.79 Å². The SMILES string of the molecule is NCCCC[C@H](NC(=O)[C@@H](N)CCc1ccccc1)C(=O)N[C@@H](Cc1c[nH]c2ccccc12)C(=O)O. The third-order valence-electron chi connectivity index (χ3n) is 6.22. The van der Waals surface area contributed by atoms with Gasteiger partial charge in [0.2, 0.25) is 11.8 Å². The number of benzene rings is 2. The lowest BCUT2D eigenvalue weighted by molar-refractivity contribution is -0.142. The number of amides is 2. The maximum atomic E-state index is 13.1. The maximum absolute atomic E-state index is 13.1. The van der Waals surface area contributed by atoms with Crippen molar-refractivity contribution in [1.82, 2.24) is 15.6 Å². The van der Waals surface area contributed by atoms with Gasteiger partial charge in [0, 0.05) is 23.5 Å². The van der Waals surface area contributed by atoms with Crippen LogP contribution in [-0.4, -0.2) is 52.5 Å². The van der Waals surface area contributed by atoms with Crippen LogP contribution in [0, 0.1) is 0 Å². The van der Waals surface area contributed by atoms with Crippen molar-refractivity contribution in [2.24, 2.45) is 11.5 Å². The Morgan fingerprint density at radius 1 is 0.889 bits per heavy atom. The van der Waals surface area contributed by atoms with Crippen molar-refractivity contribution >= 4 is 28.7 Å². The molecule has 0 aliphatic rings. The number of para-hydroxylation sites is 1. The lowest BCUT2D eigenvalue weighted by Gasteiger charge is -2.23. The molecular formula is C27H35N5O4. The van der Waals surface area contributed by atoms with Gasteiger partial charge in [0.1, 0.15) is 12.1 Å². The summed E-state index contributed by atoms with van der Waals surface area (Å²) in [5.41, 5.74) is 14.4. The number of carboxylic acids is 1. The largest absolute Gasteiger partial charge is 0.480 e. The molecule has 2 amide bonds. The van der Waals surface area contributed by atoms with Crippen molar-refractivity contribution in [3.8, 4) is 0 Å². The van der Waals surface area contributed by atoms with Gasteiger partial charge in [-0.1, -0.05) is 48.5 Å². The predicted molar refractivity (Wildman–Crippen MR) is 139 cm³/mol. The quantitative estimate of drug-likeness (QED) is 0.188. The van der Waals surface area contributed by atoms with E-state index in [9.17, 15) is 19.5 Å². The Morgan fingerprint density at radius 2 is 1.58 bits per heavy atom. The molecule has 0 fully saturated rings. The average Bonchev–Trinajstić information content (AvgIpc) is 3.29. The number of hydrogen-bond donors (Lipinski definition) is 6. The fourth-order valence-corrected chi connectivity index (χ4v) is 4.13. The maximum Gasteiger partial charge on any atom is 0.326 e. The van der Waals surface area contributed by atoms with Crippen LogP contribution in [-0.2, 0) is 27.2 Å². The second kappa shape index (κ2) is 13.4. The van der Waals surface area contributed by atoms with Crippen molar-refractivity contribution in [3.63, 3.8) is 0 Å². The molecule has 0 radical (unpaired) electrons. The van der Waals surface area contributed by atoms with Gasteiger partial charge in [0.05, 0.1) is 6.04 Å². The van der Waals surface area contributed by atoms with Gasteiger partial charge in [-0.15, -0.1) is 0 Å². The topological polar surface area (TPSA) is 163 Å². The van der Waals surface area contributed by atoms with Crippen LogP contribution < -0.4 is 22.1 Å². The van der Waals surface area contributed by atoms with Crippen molar-refractivity contribution in [1.29, 1.82) is 0 Å². The van der Waals surface area contributed by atoms with Crippen LogP contribution in [0.25, 0.3) is 10.9 Å². The Morgan fingerprint density at radius 3 is 2.31 bits per heavy atom. The van der Waals surface area contributed by atoms with Crippen LogP contribution in [0.1, 0.15) is 36.8 Å². The molecule has 0 aliphatic carbocycles. The number of carboxylic acid groups (broad SMARTS) is 1. The Labute approximate surface area is 210 Å². The molecule has 0 unspecified atom stereocenters. The number of carbonyl (C=O) groups is 3. The molecule has 0 bridgehead atoms. The first-order chi connectivity index (χ1) is 17.4. The minimum Gasteiger partial charge on any atom is -0.480 e. The summed E-state index contributed by atoms with van der Waals surface area (Å²) in [4.78, 5) is 41.0. The zero-order valence-corrected chi connectivity index (χ0v) is 20.3. The van der Waals surface area contributed by atoms with Crippen molar-refractivity contribution in [3.05, 3.63) is 71.9 Å². The zero-order valence-electron chi connectivity index (χ0n) is 20.3. The number of aromatic nitrogens is 1. The van der Waals surface area contributed by atoms with Crippen molar-refractivity contribution in [2.45, 2.75) is 56.7 Å².